The van der Waals surface area contributed by atoms with Crippen LogP contribution in [0.5, 0.6) is 0 Å². The minimum absolute atomic E-state index is 0.385. The number of ether oxygens (including phenoxy) is 4. The average molecular weight is 328 g/mol. The van der Waals surface area contributed by atoms with Gasteiger partial charge in [0, 0.05) is 0 Å². The van der Waals surface area contributed by atoms with E-state index in [4.69, 9.17) is 18.9 Å². The van der Waals surface area contributed by atoms with Gasteiger partial charge in [0.05, 0.1) is 6.61 Å². The molecule has 2 aromatic carbocycles. The number of rotatable bonds is 4. The van der Waals surface area contributed by atoms with Crippen LogP contribution in [0.3, 0.4) is 0 Å². The molecule has 0 spiro atoms. The Hall–Kier alpha value is -1.79. The van der Waals surface area contributed by atoms with Crippen molar-refractivity contribution in [3.8, 4) is 0 Å². The van der Waals surface area contributed by atoms with Gasteiger partial charge in [0.25, 0.3) is 0 Å². The van der Waals surface area contributed by atoms with Crippen molar-refractivity contribution in [1.29, 1.82) is 0 Å². The quantitative estimate of drug-likeness (QED) is 0.808. The molecule has 126 valence electrons. The molecule has 2 saturated heterocycles. The van der Waals surface area contributed by atoms with Crippen LogP contribution in [-0.2, 0) is 30.3 Å². The van der Waals surface area contributed by atoms with Gasteiger partial charge in [-0.2, -0.15) is 0 Å². The molecule has 2 aliphatic rings. The highest BCUT2D eigenvalue weighted by Gasteiger charge is 2.55. The van der Waals surface area contributed by atoms with Gasteiger partial charge in [-0.25, -0.2) is 0 Å². The van der Waals surface area contributed by atoms with Crippen LogP contribution in [0.15, 0.2) is 42.5 Å². The van der Waals surface area contributed by atoms with Crippen molar-refractivity contribution in [3.63, 3.8) is 0 Å². The van der Waals surface area contributed by atoms with Crippen molar-refractivity contribution >= 4 is 17.1 Å². The van der Waals surface area contributed by atoms with Crippen LogP contribution in [0.25, 0.3) is 10.8 Å². The second-order valence-electron chi connectivity index (χ2n) is 6.66. The summed E-state index contributed by atoms with van der Waals surface area (Å²) in [5.41, 5.74) is 1.04. The molecule has 5 nitrogen and oxygen atoms in total. The Bertz CT molecular complexity index is 756. The molecule has 0 unspecified atom stereocenters. The molecular weight excluding hydrogens is 308 g/mol. The lowest BCUT2D eigenvalue weighted by atomic mass is 10.1. The van der Waals surface area contributed by atoms with Crippen LogP contribution in [0, 0.1) is 0 Å². The molecule has 0 amide bonds. The molecule has 0 N–H and O–H groups in total. The summed E-state index contributed by atoms with van der Waals surface area (Å²) >= 11 is 0. The fourth-order valence-electron chi connectivity index (χ4n) is 3.32. The predicted octanol–water partition coefficient (Wildman–Crippen LogP) is 2.80. The number of aldehydes is 1. The maximum Gasteiger partial charge on any atom is 0.190 e. The highest BCUT2D eigenvalue weighted by atomic mass is 16.8. The highest BCUT2D eigenvalue weighted by Crippen LogP contribution is 2.38. The molecule has 5 heteroatoms. The number of hydrogen-bond donors (Lipinski definition) is 0. The Morgan fingerprint density at radius 2 is 1.92 bits per heavy atom. The molecule has 0 aromatic heterocycles. The number of carbonyl (C=O) groups excluding carboxylic acids is 1. The van der Waals surface area contributed by atoms with Gasteiger partial charge in [0.2, 0.25) is 0 Å². The van der Waals surface area contributed by atoms with E-state index in [0.717, 1.165) is 17.2 Å². The van der Waals surface area contributed by atoms with Crippen molar-refractivity contribution < 1.29 is 23.7 Å². The van der Waals surface area contributed by atoms with E-state index >= 15 is 0 Å². The van der Waals surface area contributed by atoms with Gasteiger partial charge in [0.1, 0.15) is 18.3 Å². The Labute approximate surface area is 140 Å². The van der Waals surface area contributed by atoms with Crippen molar-refractivity contribution in [2.45, 2.75) is 50.8 Å². The van der Waals surface area contributed by atoms with Crippen LogP contribution in [0.4, 0.5) is 0 Å². The van der Waals surface area contributed by atoms with E-state index in [1.54, 1.807) is 0 Å². The summed E-state index contributed by atoms with van der Waals surface area (Å²) in [6.45, 7) is 4.03. The Balaban J connectivity index is 1.49. The van der Waals surface area contributed by atoms with E-state index < -0.39 is 30.4 Å². The van der Waals surface area contributed by atoms with Gasteiger partial charge in [-0.1, -0.05) is 36.4 Å². The van der Waals surface area contributed by atoms with Crippen molar-refractivity contribution in [2.24, 2.45) is 0 Å². The summed E-state index contributed by atoms with van der Waals surface area (Å²) in [5.74, 6) is -0.728. The Morgan fingerprint density at radius 3 is 2.71 bits per heavy atom. The van der Waals surface area contributed by atoms with E-state index in [1.165, 1.54) is 5.39 Å². The molecule has 24 heavy (non-hydrogen) atoms. The molecule has 2 aromatic rings. The third-order valence-corrected chi connectivity index (χ3v) is 4.42. The van der Waals surface area contributed by atoms with Gasteiger partial charge in [-0.3, -0.25) is 0 Å². The summed E-state index contributed by atoms with van der Waals surface area (Å²) in [5, 5.41) is 2.35. The minimum atomic E-state index is -0.728. The lowest BCUT2D eigenvalue weighted by Gasteiger charge is -2.23. The lowest BCUT2D eigenvalue weighted by molar-refractivity contribution is -0.216. The summed E-state index contributed by atoms with van der Waals surface area (Å²) in [6, 6.07) is 14.4. The van der Waals surface area contributed by atoms with Crippen LogP contribution < -0.4 is 0 Å². The zero-order valence-corrected chi connectivity index (χ0v) is 13.7. The molecule has 4 rings (SSSR count). The van der Waals surface area contributed by atoms with Gasteiger partial charge < -0.3 is 23.7 Å². The number of carbonyl (C=O) groups is 1. The fourth-order valence-corrected chi connectivity index (χ4v) is 3.32. The van der Waals surface area contributed by atoms with E-state index in [1.807, 2.05) is 32.0 Å². The standard InChI is InChI=1S/C19H20O5/c1-19(2)23-17-16(15(10-20)22-18(17)24-19)21-11-12-7-8-13-5-3-4-6-14(13)9-12/h3-10,15-18H,11H2,1-2H3/t15-,16-,17-,18-/m1/s1. The number of benzene rings is 2. The first kappa shape index (κ1) is 15.7. The SMILES string of the molecule is CC1(C)O[C@H]2O[C@H](C=O)[C@@H](OCc3ccc4ccccc4c3)[C@H]2O1. The molecule has 2 aliphatic heterocycles. The molecule has 4 atom stereocenters. The lowest BCUT2D eigenvalue weighted by Crippen LogP contribution is -2.37. The molecule has 2 heterocycles. The van der Waals surface area contributed by atoms with E-state index in [0.29, 0.717) is 6.61 Å². The van der Waals surface area contributed by atoms with Gasteiger partial charge in [-0.05, 0) is 36.2 Å². The zero-order valence-electron chi connectivity index (χ0n) is 13.7. The molecule has 0 aliphatic carbocycles. The maximum absolute atomic E-state index is 11.3. The third kappa shape index (κ3) is 2.84. The van der Waals surface area contributed by atoms with Crippen LogP contribution in [-0.4, -0.2) is 36.7 Å². The van der Waals surface area contributed by atoms with Crippen LogP contribution in [0.1, 0.15) is 19.4 Å². The average Bonchev–Trinajstić information content (AvgIpc) is 3.04. The number of fused-ring (bicyclic) bond motifs is 2. The number of hydrogen-bond acceptors (Lipinski definition) is 5. The van der Waals surface area contributed by atoms with Crippen molar-refractivity contribution in [1.82, 2.24) is 0 Å². The highest BCUT2D eigenvalue weighted by molar-refractivity contribution is 5.82. The molecule has 0 bridgehead atoms. The van der Waals surface area contributed by atoms with Gasteiger partial charge in [-0.15, -0.1) is 0 Å². The molecular formula is C19H20O5. The third-order valence-electron chi connectivity index (χ3n) is 4.42. The van der Waals surface area contributed by atoms with Crippen molar-refractivity contribution in [2.75, 3.05) is 0 Å². The second kappa shape index (κ2) is 5.93. The van der Waals surface area contributed by atoms with Crippen LogP contribution in [0.2, 0.25) is 0 Å². The first-order chi connectivity index (χ1) is 11.6. The fraction of sp³-hybridized carbons (Fsp3) is 0.421. The Morgan fingerprint density at radius 1 is 1.12 bits per heavy atom. The van der Waals surface area contributed by atoms with Crippen LogP contribution >= 0.6 is 0 Å². The Kier molecular flexibility index (Phi) is 3.89. The minimum Gasteiger partial charge on any atom is -0.367 e. The molecule has 0 saturated carbocycles. The summed E-state index contributed by atoms with van der Waals surface area (Å²) in [6.07, 6.45) is -1.34. The summed E-state index contributed by atoms with van der Waals surface area (Å²) in [7, 11) is 0. The van der Waals surface area contributed by atoms with Gasteiger partial charge in [0.15, 0.2) is 18.4 Å². The summed E-state index contributed by atoms with van der Waals surface area (Å²) in [4.78, 5) is 11.3. The smallest absolute Gasteiger partial charge is 0.190 e. The zero-order chi connectivity index (χ0) is 16.7. The monoisotopic (exact) mass is 328 g/mol. The molecule has 2 fully saturated rings. The topological polar surface area (TPSA) is 54.0 Å². The normalized spacial score (nSPS) is 31.2. The largest absolute Gasteiger partial charge is 0.367 e. The van der Waals surface area contributed by atoms with Crippen molar-refractivity contribution in [3.05, 3.63) is 48.0 Å². The van der Waals surface area contributed by atoms with E-state index in [2.05, 4.69) is 24.3 Å². The summed E-state index contributed by atoms with van der Waals surface area (Å²) < 4.78 is 23.1. The second-order valence-corrected chi connectivity index (χ2v) is 6.66. The molecule has 0 radical (unpaired) electrons. The van der Waals surface area contributed by atoms with Gasteiger partial charge >= 0.3 is 0 Å². The van der Waals surface area contributed by atoms with E-state index in [-0.39, 0.29) is 0 Å². The first-order valence-corrected chi connectivity index (χ1v) is 8.11. The predicted molar refractivity (Wildman–Crippen MR) is 87.3 cm³/mol. The maximum atomic E-state index is 11.3. The van der Waals surface area contributed by atoms with E-state index in [9.17, 15) is 4.79 Å². The first-order valence-electron chi connectivity index (χ1n) is 8.11.